The molecule has 0 saturated carbocycles. The van der Waals surface area contributed by atoms with Crippen molar-refractivity contribution < 1.29 is 0 Å². The van der Waals surface area contributed by atoms with Crippen LogP contribution in [0.4, 0.5) is 0 Å². The number of hydrogen-bond acceptors (Lipinski definition) is 0. The summed E-state index contributed by atoms with van der Waals surface area (Å²) in [6, 6.07) is 32.6. The van der Waals surface area contributed by atoms with E-state index >= 15 is 0 Å². The third kappa shape index (κ3) is 8.13. The maximum atomic E-state index is 3.81. The molecule has 56 heavy (non-hydrogen) atoms. The van der Waals surface area contributed by atoms with Crippen molar-refractivity contribution in [1.82, 2.24) is 9.13 Å². The molecule has 2 heterocycles. The Kier molecular flexibility index (Phi) is 12.6. The Bertz CT molecular complexity index is 2090. The van der Waals surface area contributed by atoms with Crippen molar-refractivity contribution in [3.8, 4) is 22.5 Å². The van der Waals surface area contributed by atoms with Gasteiger partial charge in [0.2, 0.25) is 0 Å². The van der Waals surface area contributed by atoms with Gasteiger partial charge in [0.25, 0.3) is 0 Å². The molecule has 0 N–H and O–H groups in total. The van der Waals surface area contributed by atoms with Gasteiger partial charge in [-0.2, -0.15) is 0 Å². The van der Waals surface area contributed by atoms with E-state index in [0.717, 1.165) is 45.5 Å². The zero-order valence-corrected chi connectivity index (χ0v) is 37.5. The van der Waals surface area contributed by atoms with Crippen molar-refractivity contribution in [1.29, 1.82) is 0 Å². The lowest BCUT2D eigenvalue weighted by molar-refractivity contribution is 0.312. The maximum Gasteiger partial charge on any atom is 0.0545 e. The molecule has 0 bridgehead atoms. The van der Waals surface area contributed by atoms with Crippen molar-refractivity contribution in [2.75, 3.05) is 0 Å². The van der Waals surface area contributed by atoms with Crippen LogP contribution in [0.5, 0.6) is 0 Å². The third-order valence-corrected chi connectivity index (χ3v) is 14.8. The van der Waals surface area contributed by atoms with E-state index < -0.39 is 0 Å². The molecule has 0 fully saturated rings. The average Bonchev–Trinajstić information content (AvgIpc) is 3.71. The van der Waals surface area contributed by atoms with Crippen LogP contribution in [0.15, 0.2) is 93.9 Å². The highest BCUT2D eigenvalue weighted by Crippen LogP contribution is 2.42. The molecular formula is C52H62Br2N2. The van der Waals surface area contributed by atoms with E-state index in [4.69, 9.17) is 0 Å². The van der Waals surface area contributed by atoms with E-state index in [0.29, 0.717) is 0 Å². The molecule has 2 aliphatic rings. The molecule has 0 radical (unpaired) electrons. The van der Waals surface area contributed by atoms with Crippen molar-refractivity contribution in [2.24, 2.45) is 23.7 Å². The first-order valence-electron chi connectivity index (χ1n) is 22.2. The zero-order chi connectivity index (χ0) is 38.8. The Labute approximate surface area is 353 Å². The van der Waals surface area contributed by atoms with Gasteiger partial charge in [-0.1, -0.05) is 147 Å². The topological polar surface area (TPSA) is 9.86 Å². The molecule has 8 rings (SSSR count). The highest BCUT2D eigenvalue weighted by atomic mass is 79.9. The summed E-state index contributed by atoms with van der Waals surface area (Å²) in [6.07, 6.45) is 20.9. The fraction of sp³-hybridized carbons (Fsp3) is 0.462. The number of fused-ring (bicyclic) bond motifs is 6. The standard InChI is InChI=1S/C52H62Br2N2/c1-5-9-11-35(7-3)29-37-13-27-49-47(31-37)45-25-19-41(53)33-51(45)55(49)43-21-15-39(16-22-43)40-17-23-44(24-18-40)56-50-28-14-38(30-36(8-4)12-10-6-2)32-48(50)46-26-20-42(54)34-52(46)56/h15-26,33-38H,5-14,27-32H2,1-4H3. The van der Waals surface area contributed by atoms with Crippen molar-refractivity contribution in [3.05, 3.63) is 116 Å². The van der Waals surface area contributed by atoms with Gasteiger partial charge in [-0.25, -0.2) is 0 Å². The average molecular weight is 875 g/mol. The smallest absolute Gasteiger partial charge is 0.0545 e. The van der Waals surface area contributed by atoms with Gasteiger partial charge in [-0.15, -0.1) is 0 Å². The highest BCUT2D eigenvalue weighted by molar-refractivity contribution is 9.10. The summed E-state index contributed by atoms with van der Waals surface area (Å²) >= 11 is 7.63. The summed E-state index contributed by atoms with van der Waals surface area (Å²) in [5, 5.41) is 2.88. The molecule has 0 aliphatic heterocycles. The fourth-order valence-electron chi connectivity index (χ4n) is 10.7. The monoisotopic (exact) mass is 872 g/mol. The van der Waals surface area contributed by atoms with Crippen LogP contribution >= 0.6 is 31.9 Å². The van der Waals surface area contributed by atoms with Crippen LogP contribution in [0.3, 0.4) is 0 Å². The lowest BCUT2D eigenvalue weighted by atomic mass is 9.79. The molecule has 2 aromatic heterocycles. The van der Waals surface area contributed by atoms with E-state index in [1.807, 2.05) is 0 Å². The largest absolute Gasteiger partial charge is 0.313 e. The summed E-state index contributed by atoms with van der Waals surface area (Å²) in [6.45, 7) is 9.46. The molecule has 0 amide bonds. The number of nitrogens with zero attached hydrogens (tertiary/aromatic N) is 2. The molecule has 2 nitrogen and oxygen atoms in total. The number of benzene rings is 4. The molecule has 294 valence electrons. The Morgan fingerprint density at radius 1 is 0.554 bits per heavy atom. The Balaban J connectivity index is 1.05. The van der Waals surface area contributed by atoms with Gasteiger partial charge in [0.05, 0.1) is 11.0 Å². The lowest BCUT2D eigenvalue weighted by Crippen LogP contribution is -2.18. The molecule has 0 saturated heterocycles. The van der Waals surface area contributed by atoms with Crippen LogP contribution < -0.4 is 0 Å². The van der Waals surface area contributed by atoms with E-state index in [1.165, 1.54) is 146 Å². The Morgan fingerprint density at radius 2 is 0.964 bits per heavy atom. The predicted octanol–water partition coefficient (Wildman–Crippen LogP) is 16.2. The first-order chi connectivity index (χ1) is 27.4. The van der Waals surface area contributed by atoms with Gasteiger partial charge >= 0.3 is 0 Å². The minimum atomic E-state index is 0.791. The van der Waals surface area contributed by atoms with E-state index in [2.05, 4.69) is 154 Å². The van der Waals surface area contributed by atoms with E-state index in [1.54, 1.807) is 11.1 Å². The molecule has 4 aromatic carbocycles. The van der Waals surface area contributed by atoms with Gasteiger partial charge in [-0.3, -0.25) is 0 Å². The van der Waals surface area contributed by atoms with Gasteiger partial charge in [0.1, 0.15) is 0 Å². The van der Waals surface area contributed by atoms with Gasteiger partial charge in [0, 0.05) is 42.5 Å². The fourth-order valence-corrected chi connectivity index (χ4v) is 11.4. The Morgan fingerprint density at radius 3 is 1.34 bits per heavy atom. The van der Waals surface area contributed by atoms with Crippen LogP contribution in [-0.4, -0.2) is 9.13 Å². The summed E-state index contributed by atoms with van der Waals surface area (Å²) in [5.74, 6) is 3.32. The molecule has 6 aromatic rings. The second-order valence-electron chi connectivity index (χ2n) is 17.5. The summed E-state index contributed by atoms with van der Waals surface area (Å²) < 4.78 is 7.44. The van der Waals surface area contributed by atoms with Gasteiger partial charge in [0.15, 0.2) is 0 Å². The number of aromatic nitrogens is 2. The third-order valence-electron chi connectivity index (χ3n) is 13.9. The van der Waals surface area contributed by atoms with Crippen molar-refractivity contribution in [2.45, 2.75) is 130 Å². The molecule has 4 heteroatoms. The van der Waals surface area contributed by atoms with Gasteiger partial charge < -0.3 is 9.13 Å². The zero-order valence-electron chi connectivity index (χ0n) is 34.4. The summed E-state index contributed by atoms with van der Waals surface area (Å²) in [4.78, 5) is 0. The normalized spacial score (nSPS) is 18.0. The van der Waals surface area contributed by atoms with Crippen LogP contribution in [-0.2, 0) is 25.7 Å². The molecule has 4 atom stereocenters. The maximum absolute atomic E-state index is 3.81. The quantitative estimate of drug-likeness (QED) is 0.0973. The first kappa shape index (κ1) is 39.7. The molecular weight excluding hydrogens is 812 g/mol. The van der Waals surface area contributed by atoms with E-state index in [9.17, 15) is 0 Å². The summed E-state index contributed by atoms with van der Waals surface area (Å²) in [7, 11) is 0. The minimum Gasteiger partial charge on any atom is -0.313 e. The van der Waals surface area contributed by atoms with Crippen molar-refractivity contribution >= 4 is 53.7 Å². The number of rotatable bonds is 15. The Hall–Kier alpha value is -3.08. The van der Waals surface area contributed by atoms with Crippen LogP contribution in [0.25, 0.3) is 44.3 Å². The first-order valence-corrected chi connectivity index (χ1v) is 23.8. The minimum absolute atomic E-state index is 0.791. The predicted molar refractivity (Wildman–Crippen MR) is 248 cm³/mol. The number of halogens is 2. The SMILES string of the molecule is CCCCC(CC)CC1CCc2c(c3ccc(Br)cc3n2-c2ccc(-c3ccc(-n4c5c(c6ccc(Br)cc64)CC(CC(CC)CCCC)CC5)cc3)cc2)C1. The highest BCUT2D eigenvalue weighted by Gasteiger charge is 2.29. The van der Waals surface area contributed by atoms with Crippen LogP contribution in [0.1, 0.15) is 127 Å². The lowest BCUT2D eigenvalue weighted by Gasteiger charge is -2.27. The molecule has 2 aliphatic carbocycles. The van der Waals surface area contributed by atoms with Gasteiger partial charge in [-0.05, 0) is 146 Å². The van der Waals surface area contributed by atoms with Crippen LogP contribution in [0, 0.1) is 23.7 Å². The molecule has 0 spiro atoms. The van der Waals surface area contributed by atoms with Crippen molar-refractivity contribution in [3.63, 3.8) is 0 Å². The number of unbranched alkanes of at least 4 members (excludes halogenated alkanes) is 2. The summed E-state index contributed by atoms with van der Waals surface area (Å²) in [5.41, 5.74) is 14.0. The number of hydrogen-bond donors (Lipinski definition) is 0. The molecule has 4 unspecified atom stereocenters. The second kappa shape index (κ2) is 17.8. The van der Waals surface area contributed by atoms with E-state index in [-0.39, 0.29) is 0 Å². The van der Waals surface area contributed by atoms with Crippen LogP contribution in [0.2, 0.25) is 0 Å². The second-order valence-corrected chi connectivity index (χ2v) is 19.3.